The molecular formula is C10H10BrF3N2O2. The molecule has 0 aliphatic carbocycles. The number of amidine groups is 1. The zero-order chi connectivity index (χ0) is 13.9. The summed E-state index contributed by atoms with van der Waals surface area (Å²) < 4.78 is 42.5. The van der Waals surface area contributed by atoms with Crippen molar-refractivity contribution in [1.82, 2.24) is 0 Å². The monoisotopic (exact) mass is 326 g/mol. The molecule has 4 nitrogen and oxygen atoms in total. The molecule has 1 aromatic carbocycles. The van der Waals surface area contributed by atoms with Gasteiger partial charge in [0.25, 0.3) is 0 Å². The predicted octanol–water partition coefficient (Wildman–Crippen LogP) is 2.87. The Bertz CT molecular complexity index is 463. The van der Waals surface area contributed by atoms with Crippen molar-refractivity contribution in [2.45, 2.75) is 19.2 Å². The van der Waals surface area contributed by atoms with Crippen LogP contribution in [0.25, 0.3) is 0 Å². The van der Waals surface area contributed by atoms with Crippen molar-refractivity contribution >= 4 is 21.8 Å². The Morgan fingerprint density at radius 2 is 2.11 bits per heavy atom. The predicted molar refractivity (Wildman–Crippen MR) is 62.8 cm³/mol. The molecule has 0 fully saturated rings. The van der Waals surface area contributed by atoms with Crippen LogP contribution in [-0.2, 0) is 0 Å². The quantitative estimate of drug-likeness (QED) is 0.388. The Labute approximate surface area is 109 Å². The molecule has 1 atom stereocenters. The van der Waals surface area contributed by atoms with E-state index >= 15 is 0 Å². The van der Waals surface area contributed by atoms with Crippen LogP contribution in [0.15, 0.2) is 27.8 Å². The largest absolute Gasteiger partial charge is 0.480 e. The zero-order valence-corrected chi connectivity index (χ0v) is 10.8. The SMILES string of the molecule is CC(Oc1cc(Br)ccc1/C(N)=N/O)C(F)(F)F. The van der Waals surface area contributed by atoms with Crippen LogP contribution in [0.4, 0.5) is 13.2 Å². The van der Waals surface area contributed by atoms with E-state index < -0.39 is 12.3 Å². The van der Waals surface area contributed by atoms with Gasteiger partial charge in [0.05, 0.1) is 5.56 Å². The van der Waals surface area contributed by atoms with Crippen molar-refractivity contribution in [3.63, 3.8) is 0 Å². The van der Waals surface area contributed by atoms with E-state index in [1.807, 2.05) is 0 Å². The van der Waals surface area contributed by atoms with E-state index in [1.165, 1.54) is 12.1 Å². The van der Waals surface area contributed by atoms with E-state index in [0.29, 0.717) is 4.47 Å². The van der Waals surface area contributed by atoms with Gasteiger partial charge in [0.2, 0.25) is 0 Å². The second-order valence-electron chi connectivity index (χ2n) is 3.43. The summed E-state index contributed by atoms with van der Waals surface area (Å²) in [6, 6.07) is 4.24. The first-order valence-corrected chi connectivity index (χ1v) is 5.56. The van der Waals surface area contributed by atoms with E-state index in [9.17, 15) is 13.2 Å². The Morgan fingerprint density at radius 3 is 2.61 bits per heavy atom. The van der Waals surface area contributed by atoms with Gasteiger partial charge in [-0.2, -0.15) is 13.2 Å². The molecule has 1 rings (SSSR count). The molecule has 0 aliphatic rings. The van der Waals surface area contributed by atoms with Gasteiger partial charge in [0, 0.05) is 4.47 Å². The Kier molecular flexibility index (Phi) is 4.44. The summed E-state index contributed by atoms with van der Waals surface area (Å²) in [6.45, 7) is 0.872. The molecule has 0 heterocycles. The Morgan fingerprint density at radius 1 is 1.50 bits per heavy atom. The standard InChI is InChI=1S/C10H10BrF3N2O2/c1-5(10(12,13)14)18-8-4-6(11)2-3-7(8)9(15)16-17/h2-5,17H,1H3,(H2,15,16). The van der Waals surface area contributed by atoms with Crippen LogP contribution < -0.4 is 10.5 Å². The number of benzene rings is 1. The van der Waals surface area contributed by atoms with E-state index in [1.54, 1.807) is 6.07 Å². The summed E-state index contributed by atoms with van der Waals surface area (Å²) in [5.74, 6) is -0.448. The average Bonchev–Trinajstić information content (AvgIpc) is 2.27. The summed E-state index contributed by atoms with van der Waals surface area (Å²) in [5.41, 5.74) is 5.43. The van der Waals surface area contributed by atoms with Crippen molar-refractivity contribution in [1.29, 1.82) is 0 Å². The first kappa shape index (κ1) is 14.6. The highest BCUT2D eigenvalue weighted by atomic mass is 79.9. The van der Waals surface area contributed by atoms with Crippen LogP contribution in [0.3, 0.4) is 0 Å². The van der Waals surface area contributed by atoms with E-state index in [-0.39, 0.29) is 17.1 Å². The minimum atomic E-state index is -4.50. The van der Waals surface area contributed by atoms with E-state index in [4.69, 9.17) is 15.7 Å². The van der Waals surface area contributed by atoms with Crippen molar-refractivity contribution in [3.8, 4) is 5.75 Å². The maximum atomic E-state index is 12.4. The number of nitrogens with two attached hydrogens (primary N) is 1. The van der Waals surface area contributed by atoms with Gasteiger partial charge >= 0.3 is 6.18 Å². The first-order valence-electron chi connectivity index (χ1n) is 4.76. The number of rotatable bonds is 3. The lowest BCUT2D eigenvalue weighted by atomic mass is 10.2. The fourth-order valence-electron chi connectivity index (χ4n) is 1.12. The highest BCUT2D eigenvalue weighted by Gasteiger charge is 2.38. The first-order chi connectivity index (χ1) is 8.25. The fourth-order valence-corrected chi connectivity index (χ4v) is 1.46. The van der Waals surface area contributed by atoms with Gasteiger partial charge in [-0.3, -0.25) is 0 Å². The molecule has 1 aromatic rings. The second-order valence-corrected chi connectivity index (χ2v) is 4.34. The van der Waals surface area contributed by atoms with Crippen LogP contribution in [0.5, 0.6) is 5.75 Å². The van der Waals surface area contributed by atoms with Gasteiger partial charge < -0.3 is 15.7 Å². The second kappa shape index (κ2) is 5.47. The van der Waals surface area contributed by atoms with Crippen LogP contribution >= 0.6 is 15.9 Å². The number of ether oxygens (including phenoxy) is 1. The third-order valence-electron chi connectivity index (χ3n) is 2.09. The summed E-state index contributed by atoms with van der Waals surface area (Å²) in [6.07, 6.45) is -6.50. The van der Waals surface area contributed by atoms with Crippen LogP contribution in [0.2, 0.25) is 0 Å². The zero-order valence-electron chi connectivity index (χ0n) is 9.20. The van der Waals surface area contributed by atoms with Crippen LogP contribution in [0, 0.1) is 0 Å². The molecule has 100 valence electrons. The van der Waals surface area contributed by atoms with Gasteiger partial charge in [-0.1, -0.05) is 21.1 Å². The third-order valence-corrected chi connectivity index (χ3v) is 2.59. The Hall–Kier alpha value is -1.44. The molecular weight excluding hydrogens is 317 g/mol. The molecule has 0 saturated carbocycles. The minimum Gasteiger partial charge on any atom is -0.480 e. The molecule has 3 N–H and O–H groups in total. The normalized spacial score (nSPS) is 14.4. The van der Waals surface area contributed by atoms with Crippen LogP contribution in [0.1, 0.15) is 12.5 Å². The molecule has 1 unspecified atom stereocenters. The fraction of sp³-hybridized carbons (Fsp3) is 0.300. The molecule has 0 spiro atoms. The smallest absolute Gasteiger partial charge is 0.425 e. The minimum absolute atomic E-state index is 0.0804. The summed E-state index contributed by atoms with van der Waals surface area (Å²) in [7, 11) is 0. The lowest BCUT2D eigenvalue weighted by molar-refractivity contribution is -0.189. The average molecular weight is 327 g/mol. The van der Waals surface area contributed by atoms with E-state index in [2.05, 4.69) is 21.1 Å². The van der Waals surface area contributed by atoms with Gasteiger partial charge in [0.15, 0.2) is 11.9 Å². The molecule has 0 radical (unpaired) electrons. The molecule has 0 aliphatic heterocycles. The highest BCUT2D eigenvalue weighted by Crippen LogP contribution is 2.29. The van der Waals surface area contributed by atoms with Crippen molar-refractivity contribution in [2.24, 2.45) is 10.9 Å². The molecule has 18 heavy (non-hydrogen) atoms. The van der Waals surface area contributed by atoms with Gasteiger partial charge in [-0.15, -0.1) is 0 Å². The molecule has 8 heteroatoms. The summed E-state index contributed by atoms with van der Waals surface area (Å²) in [4.78, 5) is 0. The maximum absolute atomic E-state index is 12.4. The van der Waals surface area contributed by atoms with Crippen molar-refractivity contribution < 1.29 is 23.1 Å². The number of alkyl halides is 3. The van der Waals surface area contributed by atoms with E-state index in [0.717, 1.165) is 6.92 Å². The molecule has 0 amide bonds. The lowest BCUT2D eigenvalue weighted by Gasteiger charge is -2.19. The lowest BCUT2D eigenvalue weighted by Crippen LogP contribution is -2.32. The molecule has 0 aromatic heterocycles. The maximum Gasteiger partial charge on any atom is 0.425 e. The summed E-state index contributed by atoms with van der Waals surface area (Å²) >= 11 is 3.10. The topological polar surface area (TPSA) is 67.8 Å². The molecule has 0 saturated heterocycles. The number of oxime groups is 1. The van der Waals surface area contributed by atoms with Gasteiger partial charge in [-0.25, -0.2) is 0 Å². The number of nitrogens with zero attached hydrogens (tertiary/aromatic N) is 1. The third kappa shape index (κ3) is 3.52. The van der Waals surface area contributed by atoms with Crippen molar-refractivity contribution in [2.75, 3.05) is 0 Å². The van der Waals surface area contributed by atoms with Crippen LogP contribution in [-0.4, -0.2) is 23.3 Å². The number of halogens is 4. The highest BCUT2D eigenvalue weighted by molar-refractivity contribution is 9.10. The van der Waals surface area contributed by atoms with Crippen molar-refractivity contribution in [3.05, 3.63) is 28.2 Å². The molecule has 0 bridgehead atoms. The number of hydrogen-bond donors (Lipinski definition) is 2. The number of hydrogen-bond acceptors (Lipinski definition) is 3. The summed E-state index contributed by atoms with van der Waals surface area (Å²) in [5, 5.41) is 11.3. The Balaban J connectivity index is 3.11. The van der Waals surface area contributed by atoms with Gasteiger partial charge in [0.1, 0.15) is 5.75 Å². The van der Waals surface area contributed by atoms with Gasteiger partial charge in [-0.05, 0) is 25.1 Å².